The summed E-state index contributed by atoms with van der Waals surface area (Å²) >= 11 is 0. The molecule has 23 heavy (non-hydrogen) atoms. The van der Waals surface area contributed by atoms with Crippen LogP contribution in [-0.2, 0) is 17.9 Å². The van der Waals surface area contributed by atoms with Gasteiger partial charge in [-0.3, -0.25) is 4.99 Å². The number of hydrogen-bond donors (Lipinski definition) is 2. The van der Waals surface area contributed by atoms with E-state index in [4.69, 9.17) is 13.7 Å². The molecule has 0 atom stereocenters. The first-order chi connectivity index (χ1) is 10.8. The van der Waals surface area contributed by atoms with E-state index in [1.54, 1.807) is 20.2 Å². The summed E-state index contributed by atoms with van der Waals surface area (Å²) in [7, 11) is 1.71. The predicted molar refractivity (Wildman–Crippen MR) is 95.6 cm³/mol. The Morgan fingerprint density at radius 3 is 2.91 bits per heavy atom. The normalized spacial score (nSPS) is 11.1. The number of aromatic nitrogens is 2. The number of aliphatic imine (C=N–C) groups is 1. The molecule has 0 bridgehead atoms. The first kappa shape index (κ1) is 19.4. The molecule has 0 radical (unpaired) electrons. The summed E-state index contributed by atoms with van der Waals surface area (Å²) in [5.74, 6) is 2.66. The first-order valence-electron chi connectivity index (χ1n) is 7.12. The Hall–Kier alpha value is -1.62. The molecule has 0 fully saturated rings. The van der Waals surface area contributed by atoms with Crippen LogP contribution in [0.3, 0.4) is 0 Å². The van der Waals surface area contributed by atoms with E-state index in [9.17, 15) is 0 Å². The zero-order chi connectivity index (χ0) is 15.6. The molecule has 0 aliphatic carbocycles. The molecule has 128 valence electrons. The second-order valence-corrected chi connectivity index (χ2v) is 4.57. The number of rotatable bonds is 8. The van der Waals surface area contributed by atoms with Crippen molar-refractivity contribution in [2.45, 2.75) is 26.5 Å². The van der Waals surface area contributed by atoms with Crippen molar-refractivity contribution < 1.29 is 13.7 Å². The fourth-order valence-electron chi connectivity index (χ4n) is 1.74. The van der Waals surface area contributed by atoms with E-state index >= 15 is 0 Å². The van der Waals surface area contributed by atoms with Crippen LogP contribution in [0.4, 0.5) is 0 Å². The van der Waals surface area contributed by atoms with Gasteiger partial charge in [0.15, 0.2) is 11.8 Å². The maximum atomic E-state index is 5.50. The lowest BCUT2D eigenvalue weighted by molar-refractivity contribution is 0.105. The molecule has 0 amide bonds. The van der Waals surface area contributed by atoms with Crippen molar-refractivity contribution in [2.75, 3.05) is 20.2 Å². The third-order valence-electron chi connectivity index (χ3n) is 2.78. The Balaban J connectivity index is 0.00000264. The van der Waals surface area contributed by atoms with Crippen LogP contribution in [0.5, 0.6) is 0 Å². The number of furan rings is 1. The maximum absolute atomic E-state index is 5.50. The standard InChI is InChI=1S/C14H21N5O3.HI/c1-11-18-13(22-19-11)9-17-14(15-2)16-6-4-7-20-10-12-5-3-8-21-12;/h3,5,8H,4,6-7,9-10H2,1-2H3,(H2,15,16,17);1H. The number of aryl methyl sites for hydroxylation is 1. The van der Waals surface area contributed by atoms with Gasteiger partial charge in [0.2, 0.25) is 5.89 Å². The van der Waals surface area contributed by atoms with Gasteiger partial charge in [-0.2, -0.15) is 4.98 Å². The highest BCUT2D eigenvalue weighted by atomic mass is 127. The SMILES string of the molecule is CN=C(NCCCOCc1ccco1)NCc1nc(C)no1.I. The number of nitrogens with one attached hydrogen (secondary N) is 2. The summed E-state index contributed by atoms with van der Waals surface area (Å²) in [5.41, 5.74) is 0. The van der Waals surface area contributed by atoms with Gasteiger partial charge in [0.25, 0.3) is 0 Å². The predicted octanol–water partition coefficient (Wildman–Crippen LogP) is 1.86. The summed E-state index contributed by atoms with van der Waals surface area (Å²) in [6, 6.07) is 3.74. The van der Waals surface area contributed by atoms with Gasteiger partial charge in [-0.15, -0.1) is 24.0 Å². The lowest BCUT2D eigenvalue weighted by Crippen LogP contribution is -2.37. The number of ether oxygens (including phenoxy) is 1. The lowest BCUT2D eigenvalue weighted by Gasteiger charge is -2.10. The highest BCUT2D eigenvalue weighted by Gasteiger charge is 2.03. The van der Waals surface area contributed by atoms with Crippen molar-refractivity contribution in [1.29, 1.82) is 0 Å². The molecule has 0 saturated carbocycles. The highest BCUT2D eigenvalue weighted by molar-refractivity contribution is 14.0. The van der Waals surface area contributed by atoms with Gasteiger partial charge >= 0.3 is 0 Å². The number of guanidine groups is 1. The van der Waals surface area contributed by atoms with E-state index in [2.05, 4.69) is 25.8 Å². The minimum atomic E-state index is 0. The fourth-order valence-corrected chi connectivity index (χ4v) is 1.74. The van der Waals surface area contributed by atoms with Gasteiger partial charge < -0.3 is 24.3 Å². The van der Waals surface area contributed by atoms with E-state index in [0.717, 1.165) is 18.7 Å². The average molecular weight is 435 g/mol. The van der Waals surface area contributed by atoms with Gasteiger partial charge in [0.1, 0.15) is 12.4 Å². The van der Waals surface area contributed by atoms with Crippen molar-refractivity contribution in [2.24, 2.45) is 4.99 Å². The topological polar surface area (TPSA) is 97.7 Å². The Morgan fingerprint density at radius 1 is 1.39 bits per heavy atom. The molecule has 2 N–H and O–H groups in total. The number of hydrogen-bond acceptors (Lipinski definition) is 6. The van der Waals surface area contributed by atoms with Crippen LogP contribution in [0.1, 0.15) is 23.9 Å². The van der Waals surface area contributed by atoms with Crippen LogP contribution >= 0.6 is 24.0 Å². The second-order valence-electron chi connectivity index (χ2n) is 4.57. The molecule has 2 rings (SSSR count). The van der Waals surface area contributed by atoms with E-state index in [-0.39, 0.29) is 24.0 Å². The summed E-state index contributed by atoms with van der Waals surface area (Å²) in [4.78, 5) is 8.23. The van der Waals surface area contributed by atoms with E-state index in [0.29, 0.717) is 37.4 Å². The van der Waals surface area contributed by atoms with E-state index in [1.807, 2.05) is 12.1 Å². The van der Waals surface area contributed by atoms with Crippen LogP contribution in [0, 0.1) is 6.92 Å². The molecular weight excluding hydrogens is 413 g/mol. The summed E-state index contributed by atoms with van der Waals surface area (Å²) in [6.45, 7) is 4.11. The second kappa shape index (κ2) is 11.0. The van der Waals surface area contributed by atoms with Gasteiger partial charge in [-0.05, 0) is 25.5 Å². The quantitative estimate of drug-likeness (QED) is 0.283. The molecule has 0 spiro atoms. The van der Waals surface area contributed by atoms with Crippen molar-refractivity contribution >= 4 is 29.9 Å². The molecule has 2 aromatic rings. The molecular formula is C14H22IN5O3. The molecule has 0 unspecified atom stereocenters. The van der Waals surface area contributed by atoms with Crippen LogP contribution < -0.4 is 10.6 Å². The average Bonchev–Trinajstić information content (AvgIpc) is 3.17. The van der Waals surface area contributed by atoms with Crippen molar-refractivity contribution in [3.8, 4) is 0 Å². The summed E-state index contributed by atoms with van der Waals surface area (Å²) < 4.78 is 15.7. The monoisotopic (exact) mass is 435 g/mol. The molecule has 2 aromatic heterocycles. The van der Waals surface area contributed by atoms with E-state index in [1.165, 1.54) is 0 Å². The first-order valence-corrected chi connectivity index (χ1v) is 7.12. The van der Waals surface area contributed by atoms with Crippen molar-refractivity contribution in [3.63, 3.8) is 0 Å². The fraction of sp³-hybridized carbons (Fsp3) is 0.500. The number of halogens is 1. The zero-order valence-corrected chi connectivity index (χ0v) is 15.6. The Labute approximate surface area is 152 Å². The largest absolute Gasteiger partial charge is 0.467 e. The third kappa shape index (κ3) is 7.46. The van der Waals surface area contributed by atoms with E-state index < -0.39 is 0 Å². The smallest absolute Gasteiger partial charge is 0.246 e. The molecule has 0 saturated heterocycles. The molecule has 0 aliphatic rings. The van der Waals surface area contributed by atoms with Crippen LogP contribution in [0.2, 0.25) is 0 Å². The van der Waals surface area contributed by atoms with Gasteiger partial charge in [-0.25, -0.2) is 0 Å². The van der Waals surface area contributed by atoms with Gasteiger partial charge in [0, 0.05) is 20.2 Å². The molecule has 8 nitrogen and oxygen atoms in total. The van der Waals surface area contributed by atoms with Crippen LogP contribution in [0.15, 0.2) is 32.3 Å². The van der Waals surface area contributed by atoms with Crippen LogP contribution in [-0.4, -0.2) is 36.3 Å². The minimum absolute atomic E-state index is 0. The summed E-state index contributed by atoms with van der Waals surface area (Å²) in [5, 5.41) is 10.0. The van der Waals surface area contributed by atoms with Gasteiger partial charge in [0.05, 0.1) is 12.8 Å². The highest BCUT2D eigenvalue weighted by Crippen LogP contribution is 2.01. The van der Waals surface area contributed by atoms with Crippen LogP contribution in [0.25, 0.3) is 0 Å². The maximum Gasteiger partial charge on any atom is 0.246 e. The van der Waals surface area contributed by atoms with Gasteiger partial charge in [-0.1, -0.05) is 5.16 Å². The molecule has 9 heteroatoms. The Bertz CT molecular complexity index is 571. The summed E-state index contributed by atoms with van der Waals surface area (Å²) in [6.07, 6.45) is 2.50. The molecule has 0 aromatic carbocycles. The zero-order valence-electron chi connectivity index (χ0n) is 13.2. The number of nitrogens with zero attached hydrogens (tertiary/aromatic N) is 3. The van der Waals surface area contributed by atoms with Crippen molar-refractivity contribution in [3.05, 3.63) is 35.9 Å². The third-order valence-corrected chi connectivity index (χ3v) is 2.78. The Morgan fingerprint density at radius 2 is 2.26 bits per heavy atom. The minimum Gasteiger partial charge on any atom is -0.467 e. The lowest BCUT2D eigenvalue weighted by atomic mass is 10.4. The van der Waals surface area contributed by atoms with Crippen molar-refractivity contribution in [1.82, 2.24) is 20.8 Å². The molecule has 2 heterocycles. The Kier molecular flexibility index (Phi) is 9.29. The molecule has 0 aliphatic heterocycles.